The van der Waals surface area contributed by atoms with Crippen LogP contribution < -0.4 is 15.6 Å². The van der Waals surface area contributed by atoms with Crippen LogP contribution in [-0.2, 0) is 4.74 Å². The number of benzene rings is 2. The maximum Gasteiger partial charge on any atom is 0.359 e. The maximum absolute atomic E-state index is 13.4. The quantitative estimate of drug-likeness (QED) is 0.431. The standard InChI is InChI=1S/C24H21N3O5S/c1-4-32-24(30)20-18-13-33-22(25-21(28)15-7-11-17(31-3)12-8-15)19(18)23(29)27(26-20)16-9-5-14(2)6-10-16/h5-13H,4H2,1-3H3,(H,25,28). The minimum absolute atomic E-state index is 0.00761. The van der Waals surface area contributed by atoms with E-state index in [0.29, 0.717) is 27.4 Å². The van der Waals surface area contributed by atoms with Crippen molar-refractivity contribution in [1.29, 1.82) is 0 Å². The van der Waals surface area contributed by atoms with E-state index in [1.54, 1.807) is 55.8 Å². The summed E-state index contributed by atoms with van der Waals surface area (Å²) in [6.45, 7) is 3.79. The van der Waals surface area contributed by atoms with Gasteiger partial charge in [0.25, 0.3) is 11.5 Å². The molecule has 0 aliphatic rings. The lowest BCUT2D eigenvalue weighted by Gasteiger charge is -2.10. The number of nitrogens with one attached hydrogen (secondary N) is 1. The van der Waals surface area contributed by atoms with E-state index in [1.165, 1.54) is 0 Å². The Morgan fingerprint density at radius 3 is 2.42 bits per heavy atom. The number of rotatable bonds is 6. The van der Waals surface area contributed by atoms with Crippen molar-refractivity contribution in [2.75, 3.05) is 19.0 Å². The van der Waals surface area contributed by atoms with Crippen LogP contribution in [0.5, 0.6) is 5.75 Å². The predicted octanol–water partition coefficient (Wildman–Crippen LogP) is 4.19. The van der Waals surface area contributed by atoms with Crippen molar-refractivity contribution in [1.82, 2.24) is 9.78 Å². The van der Waals surface area contributed by atoms with Gasteiger partial charge in [0.2, 0.25) is 0 Å². The number of methoxy groups -OCH3 is 1. The highest BCUT2D eigenvalue weighted by molar-refractivity contribution is 7.16. The molecule has 0 atom stereocenters. The molecule has 0 saturated carbocycles. The number of aromatic nitrogens is 2. The molecule has 2 heterocycles. The number of carbonyl (C=O) groups excluding carboxylic acids is 2. The second-order valence-electron chi connectivity index (χ2n) is 7.16. The molecule has 0 fully saturated rings. The molecule has 0 saturated heterocycles. The summed E-state index contributed by atoms with van der Waals surface area (Å²) >= 11 is 1.15. The zero-order valence-electron chi connectivity index (χ0n) is 18.2. The SMILES string of the molecule is CCOC(=O)c1nn(-c2ccc(C)cc2)c(=O)c2c(NC(=O)c3ccc(OC)cc3)scc12. The van der Waals surface area contributed by atoms with Crippen LogP contribution in [0.3, 0.4) is 0 Å². The number of carbonyl (C=O) groups is 2. The number of amides is 1. The zero-order chi connectivity index (χ0) is 23.5. The molecule has 168 valence electrons. The second kappa shape index (κ2) is 9.25. The summed E-state index contributed by atoms with van der Waals surface area (Å²) in [6.07, 6.45) is 0. The van der Waals surface area contributed by atoms with Crippen LogP contribution in [0.2, 0.25) is 0 Å². The Balaban J connectivity index is 1.84. The van der Waals surface area contributed by atoms with E-state index in [-0.39, 0.29) is 17.7 Å². The Kier molecular flexibility index (Phi) is 6.23. The van der Waals surface area contributed by atoms with Gasteiger partial charge in [-0.3, -0.25) is 9.59 Å². The number of hydrogen-bond donors (Lipinski definition) is 1. The van der Waals surface area contributed by atoms with Gasteiger partial charge in [-0.25, -0.2) is 4.79 Å². The number of esters is 1. The van der Waals surface area contributed by atoms with E-state index < -0.39 is 17.4 Å². The summed E-state index contributed by atoms with van der Waals surface area (Å²) < 4.78 is 11.4. The number of aryl methyl sites for hydroxylation is 1. The molecule has 9 heteroatoms. The van der Waals surface area contributed by atoms with Gasteiger partial charge in [0, 0.05) is 16.3 Å². The van der Waals surface area contributed by atoms with Crippen molar-refractivity contribution in [2.24, 2.45) is 0 Å². The number of thiophene rings is 1. The average molecular weight is 464 g/mol. The molecule has 0 aliphatic heterocycles. The molecule has 8 nitrogen and oxygen atoms in total. The first-order valence-corrected chi connectivity index (χ1v) is 11.0. The maximum atomic E-state index is 13.4. The second-order valence-corrected chi connectivity index (χ2v) is 8.04. The fourth-order valence-electron chi connectivity index (χ4n) is 3.27. The highest BCUT2D eigenvalue weighted by Gasteiger charge is 2.23. The first kappa shape index (κ1) is 22.2. The van der Waals surface area contributed by atoms with Gasteiger partial charge in [0.1, 0.15) is 10.8 Å². The molecule has 0 radical (unpaired) electrons. The lowest BCUT2D eigenvalue weighted by atomic mass is 10.2. The fourth-order valence-corrected chi connectivity index (χ4v) is 4.20. The molecule has 1 N–H and O–H groups in total. The van der Waals surface area contributed by atoms with Crippen LogP contribution in [0, 0.1) is 6.92 Å². The van der Waals surface area contributed by atoms with Gasteiger partial charge in [0.05, 0.1) is 24.8 Å². The van der Waals surface area contributed by atoms with Gasteiger partial charge in [-0.15, -0.1) is 11.3 Å². The van der Waals surface area contributed by atoms with Crippen LogP contribution >= 0.6 is 11.3 Å². The summed E-state index contributed by atoms with van der Waals surface area (Å²) in [6, 6.07) is 13.8. The minimum atomic E-state index is -0.644. The highest BCUT2D eigenvalue weighted by Crippen LogP contribution is 2.31. The van der Waals surface area contributed by atoms with E-state index in [4.69, 9.17) is 9.47 Å². The average Bonchev–Trinajstić information content (AvgIpc) is 3.24. The first-order chi connectivity index (χ1) is 15.9. The monoisotopic (exact) mass is 463 g/mol. The summed E-state index contributed by atoms with van der Waals surface area (Å²) in [5, 5.41) is 9.56. The number of nitrogens with zero attached hydrogens (tertiary/aromatic N) is 2. The van der Waals surface area contributed by atoms with Gasteiger partial charge in [-0.05, 0) is 50.2 Å². The number of ether oxygens (including phenoxy) is 2. The Morgan fingerprint density at radius 2 is 1.79 bits per heavy atom. The minimum Gasteiger partial charge on any atom is -0.497 e. The van der Waals surface area contributed by atoms with Crippen molar-refractivity contribution in [2.45, 2.75) is 13.8 Å². The Hall–Kier alpha value is -3.98. The molecule has 0 spiro atoms. The predicted molar refractivity (Wildman–Crippen MR) is 127 cm³/mol. The molecule has 2 aromatic heterocycles. The molecule has 33 heavy (non-hydrogen) atoms. The molecular formula is C24H21N3O5S. The fraction of sp³-hybridized carbons (Fsp3) is 0.167. The van der Waals surface area contributed by atoms with E-state index in [1.807, 2.05) is 19.1 Å². The molecular weight excluding hydrogens is 442 g/mol. The topological polar surface area (TPSA) is 99.5 Å². The van der Waals surface area contributed by atoms with Crippen LogP contribution in [0.15, 0.2) is 58.7 Å². The molecule has 0 bridgehead atoms. The third kappa shape index (κ3) is 4.35. The Labute approximate surface area is 193 Å². The van der Waals surface area contributed by atoms with Crippen LogP contribution in [0.1, 0.15) is 33.3 Å². The summed E-state index contributed by atoms with van der Waals surface area (Å²) in [4.78, 5) is 38.9. The zero-order valence-corrected chi connectivity index (χ0v) is 19.1. The Morgan fingerprint density at radius 1 is 1.09 bits per heavy atom. The lowest BCUT2D eigenvalue weighted by Crippen LogP contribution is -2.25. The van der Waals surface area contributed by atoms with E-state index in [2.05, 4.69) is 10.4 Å². The van der Waals surface area contributed by atoms with E-state index in [9.17, 15) is 14.4 Å². The smallest absolute Gasteiger partial charge is 0.359 e. The normalized spacial score (nSPS) is 10.8. The number of anilines is 1. The number of fused-ring (bicyclic) bond motifs is 1. The first-order valence-electron chi connectivity index (χ1n) is 10.2. The molecule has 0 aliphatic carbocycles. The molecule has 1 amide bonds. The van der Waals surface area contributed by atoms with Crippen molar-refractivity contribution in [3.63, 3.8) is 0 Å². The van der Waals surface area contributed by atoms with Crippen LogP contribution in [0.4, 0.5) is 5.00 Å². The Bertz CT molecular complexity index is 1390. The van der Waals surface area contributed by atoms with Gasteiger partial charge in [-0.2, -0.15) is 9.78 Å². The molecule has 4 aromatic rings. The van der Waals surface area contributed by atoms with Crippen molar-refractivity contribution >= 4 is 39.0 Å². The van der Waals surface area contributed by atoms with Gasteiger partial charge < -0.3 is 14.8 Å². The summed E-state index contributed by atoms with van der Waals surface area (Å²) in [7, 11) is 1.54. The third-order valence-corrected chi connectivity index (χ3v) is 5.87. The lowest BCUT2D eigenvalue weighted by molar-refractivity contribution is 0.0520. The van der Waals surface area contributed by atoms with E-state index in [0.717, 1.165) is 21.6 Å². The van der Waals surface area contributed by atoms with Crippen molar-refractivity contribution < 1.29 is 19.1 Å². The van der Waals surface area contributed by atoms with Gasteiger partial charge in [-0.1, -0.05) is 17.7 Å². The van der Waals surface area contributed by atoms with Crippen molar-refractivity contribution in [3.8, 4) is 11.4 Å². The third-order valence-electron chi connectivity index (χ3n) is 4.98. The van der Waals surface area contributed by atoms with Crippen LogP contribution in [0.25, 0.3) is 16.5 Å². The van der Waals surface area contributed by atoms with Crippen LogP contribution in [-0.4, -0.2) is 35.4 Å². The summed E-state index contributed by atoms with van der Waals surface area (Å²) in [5.41, 5.74) is 1.47. The van der Waals surface area contributed by atoms with Gasteiger partial charge in [0.15, 0.2) is 5.69 Å². The molecule has 4 rings (SSSR count). The van der Waals surface area contributed by atoms with Gasteiger partial charge >= 0.3 is 5.97 Å². The summed E-state index contributed by atoms with van der Waals surface area (Å²) in [5.74, 6) is -0.411. The highest BCUT2D eigenvalue weighted by atomic mass is 32.1. The van der Waals surface area contributed by atoms with Crippen molar-refractivity contribution in [3.05, 3.63) is 81.1 Å². The largest absolute Gasteiger partial charge is 0.497 e. The molecule has 0 unspecified atom stereocenters. The number of hydrogen-bond acceptors (Lipinski definition) is 7. The van der Waals surface area contributed by atoms with E-state index >= 15 is 0 Å². The molecule has 2 aromatic carbocycles.